The second-order valence-corrected chi connectivity index (χ2v) is 6.32. The number of ether oxygens (including phenoxy) is 1. The molecule has 2 heterocycles. The number of thiophene rings is 1. The van der Waals surface area contributed by atoms with Crippen molar-refractivity contribution in [3.63, 3.8) is 0 Å². The predicted octanol–water partition coefficient (Wildman–Crippen LogP) is 4.43. The first-order chi connectivity index (χ1) is 12.3. The molecule has 1 aromatic carbocycles. The minimum absolute atomic E-state index is 0.456. The van der Waals surface area contributed by atoms with Crippen LogP contribution in [-0.2, 0) is 13.2 Å². The highest BCUT2D eigenvalue weighted by Crippen LogP contribution is 2.35. The Hall–Kier alpha value is -2.81. The van der Waals surface area contributed by atoms with Crippen molar-refractivity contribution < 1.29 is 22.7 Å². The quantitative estimate of drug-likeness (QED) is 0.728. The van der Waals surface area contributed by atoms with Gasteiger partial charge in [0.2, 0.25) is 0 Å². The molecule has 0 aliphatic heterocycles. The van der Waals surface area contributed by atoms with Crippen molar-refractivity contribution in [1.82, 2.24) is 9.78 Å². The number of amides is 1. The molecule has 1 N–H and O–H groups in total. The van der Waals surface area contributed by atoms with Crippen molar-refractivity contribution in [2.24, 2.45) is 7.05 Å². The van der Waals surface area contributed by atoms with Crippen LogP contribution in [0, 0.1) is 0 Å². The Balaban J connectivity index is 1.89. The zero-order valence-corrected chi connectivity index (χ0v) is 14.6. The van der Waals surface area contributed by atoms with Crippen LogP contribution in [0.5, 0.6) is 5.75 Å². The smallest absolute Gasteiger partial charge is 0.435 e. The van der Waals surface area contributed by atoms with E-state index in [0.717, 1.165) is 16.4 Å². The van der Waals surface area contributed by atoms with Gasteiger partial charge < -0.3 is 10.1 Å². The summed E-state index contributed by atoms with van der Waals surface area (Å²) in [6.07, 6.45) is -3.65. The number of nitrogens with one attached hydrogen (secondary N) is 1. The van der Waals surface area contributed by atoms with E-state index in [4.69, 9.17) is 4.74 Å². The van der Waals surface area contributed by atoms with Gasteiger partial charge in [0.25, 0.3) is 5.91 Å². The molecule has 0 aliphatic carbocycles. The molecule has 0 saturated carbocycles. The van der Waals surface area contributed by atoms with Gasteiger partial charge in [0.05, 0.1) is 12.7 Å². The van der Waals surface area contributed by atoms with Gasteiger partial charge in [-0.1, -0.05) is 12.1 Å². The van der Waals surface area contributed by atoms with Gasteiger partial charge in [-0.2, -0.15) is 18.3 Å². The molecule has 136 valence electrons. The summed E-state index contributed by atoms with van der Waals surface area (Å²) < 4.78 is 45.2. The molecule has 0 spiro atoms. The number of halogens is 3. The molecular weight excluding hydrogens is 367 g/mol. The first kappa shape index (κ1) is 18.0. The number of alkyl halides is 3. The Kier molecular flexibility index (Phi) is 4.73. The largest absolute Gasteiger partial charge is 0.497 e. The van der Waals surface area contributed by atoms with Gasteiger partial charge in [-0.25, -0.2) is 0 Å². The van der Waals surface area contributed by atoms with Crippen molar-refractivity contribution >= 4 is 22.2 Å². The monoisotopic (exact) mass is 381 g/mol. The molecule has 0 unspecified atom stereocenters. The molecule has 26 heavy (non-hydrogen) atoms. The first-order valence-corrected chi connectivity index (χ1v) is 8.31. The Bertz CT molecular complexity index is 930. The molecule has 2 aromatic heterocycles. The number of nitrogens with zero attached hydrogens (tertiary/aromatic N) is 2. The van der Waals surface area contributed by atoms with E-state index in [1.54, 1.807) is 30.7 Å². The first-order valence-electron chi connectivity index (χ1n) is 7.43. The fraction of sp³-hybridized carbons (Fsp3) is 0.176. The number of hydrogen-bond donors (Lipinski definition) is 1. The van der Waals surface area contributed by atoms with E-state index in [-0.39, 0.29) is 0 Å². The summed E-state index contributed by atoms with van der Waals surface area (Å²) in [6.45, 7) is 0. The molecule has 9 heteroatoms. The van der Waals surface area contributed by atoms with Crippen LogP contribution in [0.15, 0.2) is 41.9 Å². The van der Waals surface area contributed by atoms with E-state index in [2.05, 4.69) is 10.4 Å². The lowest BCUT2D eigenvalue weighted by atomic mass is 10.1. The summed E-state index contributed by atoms with van der Waals surface area (Å²) in [5.74, 6) is -0.178. The highest BCUT2D eigenvalue weighted by Gasteiger charge is 2.39. The van der Waals surface area contributed by atoms with Crippen molar-refractivity contribution in [2.45, 2.75) is 6.18 Å². The summed E-state index contributed by atoms with van der Waals surface area (Å²) in [5, 5.41) is 8.12. The maximum atomic E-state index is 13.1. The highest BCUT2D eigenvalue weighted by molar-refractivity contribution is 7.15. The standard InChI is InChI=1S/C17H14F3N3O2S/c1-23-9-13(14(22-23)17(18,19)20)15(24)21-16-12(7-8-26-16)10-3-5-11(25-2)6-4-10/h3-9H,1-2H3,(H,21,24). The van der Waals surface area contributed by atoms with E-state index in [1.807, 2.05) is 12.1 Å². The zero-order chi connectivity index (χ0) is 18.9. The van der Waals surface area contributed by atoms with Gasteiger partial charge in [0, 0.05) is 18.8 Å². The Labute approximate surface area is 151 Å². The van der Waals surface area contributed by atoms with E-state index >= 15 is 0 Å². The molecule has 1 amide bonds. The second-order valence-electron chi connectivity index (χ2n) is 5.41. The summed E-state index contributed by atoms with van der Waals surface area (Å²) >= 11 is 1.23. The van der Waals surface area contributed by atoms with Crippen molar-refractivity contribution in [3.8, 4) is 16.9 Å². The van der Waals surface area contributed by atoms with Crippen molar-refractivity contribution in [3.05, 3.63) is 53.2 Å². The van der Waals surface area contributed by atoms with Gasteiger partial charge >= 0.3 is 6.18 Å². The third-order valence-electron chi connectivity index (χ3n) is 3.64. The maximum Gasteiger partial charge on any atom is 0.435 e. The minimum atomic E-state index is -4.71. The number of aryl methyl sites for hydroxylation is 1. The van der Waals surface area contributed by atoms with Gasteiger partial charge in [-0.3, -0.25) is 9.48 Å². The number of aromatic nitrogens is 2. The molecule has 3 rings (SSSR count). The number of hydrogen-bond acceptors (Lipinski definition) is 4. The van der Waals surface area contributed by atoms with E-state index in [0.29, 0.717) is 16.3 Å². The van der Waals surface area contributed by atoms with E-state index in [9.17, 15) is 18.0 Å². The number of rotatable bonds is 4. The van der Waals surface area contributed by atoms with E-state index in [1.165, 1.54) is 18.4 Å². The zero-order valence-electron chi connectivity index (χ0n) is 13.8. The van der Waals surface area contributed by atoms with Crippen LogP contribution in [0.2, 0.25) is 0 Å². The Morgan fingerprint density at radius 3 is 2.54 bits per heavy atom. The van der Waals surface area contributed by atoms with Gasteiger partial charge in [-0.05, 0) is 29.1 Å². The average molecular weight is 381 g/mol. The Morgan fingerprint density at radius 2 is 1.92 bits per heavy atom. The third kappa shape index (κ3) is 3.57. The van der Waals surface area contributed by atoms with Crippen LogP contribution in [0.4, 0.5) is 18.2 Å². The lowest BCUT2D eigenvalue weighted by molar-refractivity contribution is -0.141. The summed E-state index contributed by atoms with van der Waals surface area (Å²) in [5.41, 5.74) is -0.206. The lowest BCUT2D eigenvalue weighted by Crippen LogP contribution is -2.17. The summed E-state index contributed by atoms with van der Waals surface area (Å²) in [4.78, 5) is 12.4. The van der Waals surface area contributed by atoms with Crippen molar-refractivity contribution in [2.75, 3.05) is 12.4 Å². The van der Waals surface area contributed by atoms with Crippen LogP contribution in [-0.4, -0.2) is 22.8 Å². The third-order valence-corrected chi connectivity index (χ3v) is 4.47. The number of anilines is 1. The van der Waals surface area contributed by atoms with Gasteiger partial charge in [0.1, 0.15) is 10.8 Å². The average Bonchev–Trinajstić information content (AvgIpc) is 3.21. The predicted molar refractivity (Wildman–Crippen MR) is 92.5 cm³/mol. The second kappa shape index (κ2) is 6.83. The molecule has 0 atom stereocenters. The fourth-order valence-corrected chi connectivity index (χ4v) is 3.24. The number of carbonyl (C=O) groups excluding carboxylic acids is 1. The summed E-state index contributed by atoms with van der Waals surface area (Å²) in [7, 11) is 2.89. The molecule has 3 aromatic rings. The number of methoxy groups -OCH3 is 1. The number of benzene rings is 1. The van der Waals surface area contributed by atoms with Crippen LogP contribution in [0.3, 0.4) is 0 Å². The van der Waals surface area contributed by atoms with Gasteiger partial charge in [-0.15, -0.1) is 11.3 Å². The fourth-order valence-electron chi connectivity index (χ4n) is 2.44. The molecule has 0 saturated heterocycles. The highest BCUT2D eigenvalue weighted by atomic mass is 32.1. The normalized spacial score (nSPS) is 11.4. The minimum Gasteiger partial charge on any atom is -0.497 e. The molecule has 0 fully saturated rings. The molecular formula is C17H14F3N3O2S. The summed E-state index contributed by atoms with van der Waals surface area (Å²) in [6, 6.07) is 8.93. The molecule has 5 nitrogen and oxygen atoms in total. The molecule has 0 bridgehead atoms. The van der Waals surface area contributed by atoms with Gasteiger partial charge in [0.15, 0.2) is 5.69 Å². The molecule has 0 aliphatic rings. The van der Waals surface area contributed by atoms with Crippen LogP contribution < -0.4 is 10.1 Å². The van der Waals surface area contributed by atoms with Crippen LogP contribution >= 0.6 is 11.3 Å². The Morgan fingerprint density at radius 1 is 1.23 bits per heavy atom. The molecule has 0 radical (unpaired) electrons. The van der Waals surface area contributed by atoms with Crippen LogP contribution in [0.25, 0.3) is 11.1 Å². The maximum absolute atomic E-state index is 13.1. The van der Waals surface area contributed by atoms with E-state index < -0.39 is 23.3 Å². The van der Waals surface area contributed by atoms with Crippen molar-refractivity contribution in [1.29, 1.82) is 0 Å². The van der Waals surface area contributed by atoms with Crippen LogP contribution in [0.1, 0.15) is 16.1 Å². The lowest BCUT2D eigenvalue weighted by Gasteiger charge is -2.08. The topological polar surface area (TPSA) is 56.1 Å². The number of carbonyl (C=O) groups is 1. The SMILES string of the molecule is COc1ccc(-c2ccsc2NC(=O)c2cn(C)nc2C(F)(F)F)cc1.